The van der Waals surface area contributed by atoms with Gasteiger partial charge in [-0.15, -0.1) is 6.58 Å². The number of nitrogens with one attached hydrogen (secondary N) is 1. The Kier molecular flexibility index (Phi) is 3.23. The van der Waals surface area contributed by atoms with E-state index in [2.05, 4.69) is 42.2 Å². The summed E-state index contributed by atoms with van der Waals surface area (Å²) in [5, 5.41) is 3.48. The highest BCUT2D eigenvalue weighted by Gasteiger charge is 2.10. The van der Waals surface area contributed by atoms with Gasteiger partial charge < -0.3 is 5.32 Å². The van der Waals surface area contributed by atoms with Crippen molar-refractivity contribution in [2.75, 3.05) is 6.54 Å². The van der Waals surface area contributed by atoms with E-state index >= 15 is 0 Å². The van der Waals surface area contributed by atoms with E-state index in [0.29, 0.717) is 0 Å². The van der Waals surface area contributed by atoms with Gasteiger partial charge in [0.05, 0.1) is 0 Å². The van der Waals surface area contributed by atoms with Crippen LogP contribution in [0.15, 0.2) is 42.6 Å². The average molecular weight is 199 g/mol. The molecule has 15 heavy (non-hydrogen) atoms. The first-order valence-electron chi connectivity index (χ1n) is 5.53. The lowest BCUT2D eigenvalue weighted by atomic mass is 10.1. The lowest BCUT2D eigenvalue weighted by Gasteiger charge is -2.05. The summed E-state index contributed by atoms with van der Waals surface area (Å²) < 4.78 is 0. The maximum absolute atomic E-state index is 3.72. The minimum Gasteiger partial charge on any atom is -0.388 e. The molecule has 2 rings (SSSR count). The van der Waals surface area contributed by atoms with Gasteiger partial charge in [-0.2, -0.15) is 0 Å². The second kappa shape index (κ2) is 4.83. The standard InChI is InChI=1S/C14H17N/c1-2-3-6-9-15-14-10-12-7-4-5-8-13(12)11-14/h2,4-5,7-8,10,15H,1,3,6,9,11H2. The van der Waals surface area contributed by atoms with E-state index in [9.17, 15) is 0 Å². The lowest BCUT2D eigenvalue weighted by Crippen LogP contribution is -2.14. The van der Waals surface area contributed by atoms with Gasteiger partial charge in [-0.1, -0.05) is 30.3 Å². The molecule has 0 atom stereocenters. The van der Waals surface area contributed by atoms with Crippen LogP contribution in [0.2, 0.25) is 0 Å². The fourth-order valence-corrected chi connectivity index (χ4v) is 1.89. The number of fused-ring (bicyclic) bond motifs is 1. The van der Waals surface area contributed by atoms with Gasteiger partial charge in [-0.05, 0) is 30.0 Å². The van der Waals surface area contributed by atoms with Crippen LogP contribution < -0.4 is 5.32 Å². The molecule has 0 saturated carbocycles. The van der Waals surface area contributed by atoms with Gasteiger partial charge in [0.1, 0.15) is 0 Å². The highest BCUT2D eigenvalue weighted by molar-refractivity contribution is 5.62. The molecule has 0 unspecified atom stereocenters. The zero-order valence-corrected chi connectivity index (χ0v) is 9.00. The Morgan fingerprint density at radius 1 is 1.33 bits per heavy atom. The van der Waals surface area contributed by atoms with E-state index in [1.54, 1.807) is 0 Å². The van der Waals surface area contributed by atoms with Crippen LogP contribution in [0, 0.1) is 0 Å². The van der Waals surface area contributed by atoms with Crippen molar-refractivity contribution >= 4 is 6.08 Å². The molecule has 0 bridgehead atoms. The Bertz CT molecular complexity index is 377. The summed E-state index contributed by atoms with van der Waals surface area (Å²) in [6.45, 7) is 4.77. The van der Waals surface area contributed by atoms with Crippen LogP contribution in [-0.4, -0.2) is 6.54 Å². The summed E-state index contributed by atoms with van der Waals surface area (Å²) >= 11 is 0. The molecule has 1 N–H and O–H groups in total. The molecule has 1 aromatic carbocycles. The third-order valence-electron chi connectivity index (χ3n) is 2.70. The van der Waals surface area contributed by atoms with E-state index in [1.807, 2.05) is 6.08 Å². The molecular weight excluding hydrogens is 182 g/mol. The van der Waals surface area contributed by atoms with E-state index in [4.69, 9.17) is 0 Å². The molecule has 78 valence electrons. The molecule has 1 nitrogen and oxygen atoms in total. The fourth-order valence-electron chi connectivity index (χ4n) is 1.89. The minimum atomic E-state index is 1.05. The van der Waals surface area contributed by atoms with Crippen molar-refractivity contribution in [1.82, 2.24) is 5.32 Å². The molecule has 0 spiro atoms. The lowest BCUT2D eigenvalue weighted by molar-refractivity contribution is 0.727. The molecule has 0 aliphatic heterocycles. The third kappa shape index (κ3) is 2.50. The molecule has 0 radical (unpaired) electrons. The first kappa shape index (κ1) is 10.0. The first-order valence-corrected chi connectivity index (χ1v) is 5.53. The molecule has 1 aliphatic rings. The molecule has 1 heteroatoms. The molecule has 0 heterocycles. The zero-order valence-electron chi connectivity index (χ0n) is 9.00. The zero-order chi connectivity index (χ0) is 10.5. The van der Waals surface area contributed by atoms with Crippen molar-refractivity contribution in [2.24, 2.45) is 0 Å². The van der Waals surface area contributed by atoms with Crippen molar-refractivity contribution in [2.45, 2.75) is 19.3 Å². The topological polar surface area (TPSA) is 12.0 Å². The Hall–Kier alpha value is -1.50. The highest BCUT2D eigenvalue weighted by Crippen LogP contribution is 2.22. The molecule has 1 aliphatic carbocycles. The van der Waals surface area contributed by atoms with Crippen molar-refractivity contribution in [3.8, 4) is 0 Å². The van der Waals surface area contributed by atoms with Gasteiger partial charge in [0.15, 0.2) is 0 Å². The van der Waals surface area contributed by atoms with Crippen LogP contribution in [0.1, 0.15) is 24.0 Å². The smallest absolute Gasteiger partial charge is 0.0157 e. The van der Waals surface area contributed by atoms with Crippen LogP contribution in [-0.2, 0) is 6.42 Å². The second-order valence-electron chi connectivity index (χ2n) is 3.90. The predicted molar refractivity (Wildman–Crippen MR) is 65.6 cm³/mol. The van der Waals surface area contributed by atoms with E-state index < -0.39 is 0 Å². The second-order valence-corrected chi connectivity index (χ2v) is 3.90. The van der Waals surface area contributed by atoms with Crippen molar-refractivity contribution in [3.05, 3.63) is 53.7 Å². The minimum absolute atomic E-state index is 1.05. The average Bonchev–Trinajstić information content (AvgIpc) is 2.67. The summed E-state index contributed by atoms with van der Waals surface area (Å²) in [5.74, 6) is 0. The number of allylic oxidation sites excluding steroid dienone is 2. The number of unbranched alkanes of at least 4 members (excludes halogenated alkanes) is 1. The van der Waals surface area contributed by atoms with Gasteiger partial charge in [-0.25, -0.2) is 0 Å². The van der Waals surface area contributed by atoms with Crippen LogP contribution in [0.25, 0.3) is 6.08 Å². The molecule has 0 saturated heterocycles. The molecule has 1 aromatic rings. The van der Waals surface area contributed by atoms with Crippen molar-refractivity contribution in [3.63, 3.8) is 0 Å². The van der Waals surface area contributed by atoms with Crippen LogP contribution in [0.4, 0.5) is 0 Å². The maximum Gasteiger partial charge on any atom is 0.0157 e. The van der Waals surface area contributed by atoms with Crippen molar-refractivity contribution in [1.29, 1.82) is 0 Å². The Balaban J connectivity index is 1.86. The van der Waals surface area contributed by atoms with Crippen LogP contribution in [0.3, 0.4) is 0 Å². The number of benzene rings is 1. The maximum atomic E-state index is 3.72. The first-order chi connectivity index (χ1) is 7.40. The van der Waals surface area contributed by atoms with Gasteiger partial charge in [0, 0.05) is 18.7 Å². The normalized spacial score (nSPS) is 13.2. The third-order valence-corrected chi connectivity index (χ3v) is 2.70. The summed E-state index contributed by atoms with van der Waals surface area (Å²) in [6.07, 6.45) is 7.54. The monoisotopic (exact) mass is 199 g/mol. The molecule has 0 fully saturated rings. The largest absolute Gasteiger partial charge is 0.388 e. The predicted octanol–water partition coefficient (Wildman–Crippen LogP) is 3.14. The summed E-state index contributed by atoms with van der Waals surface area (Å²) in [5.41, 5.74) is 4.15. The van der Waals surface area contributed by atoms with Gasteiger partial charge in [-0.3, -0.25) is 0 Å². The van der Waals surface area contributed by atoms with Gasteiger partial charge in [0.2, 0.25) is 0 Å². The Labute approximate surface area is 91.5 Å². The number of hydrogen-bond donors (Lipinski definition) is 1. The molecular formula is C14H17N. The Morgan fingerprint density at radius 2 is 2.20 bits per heavy atom. The number of rotatable bonds is 5. The van der Waals surface area contributed by atoms with Crippen LogP contribution >= 0.6 is 0 Å². The molecule has 0 aromatic heterocycles. The summed E-state index contributed by atoms with van der Waals surface area (Å²) in [6, 6.07) is 8.57. The van der Waals surface area contributed by atoms with Gasteiger partial charge in [0.25, 0.3) is 0 Å². The molecule has 0 amide bonds. The Morgan fingerprint density at radius 3 is 3.00 bits per heavy atom. The SMILES string of the molecule is C=CCCCNC1=Cc2ccccc2C1. The quantitative estimate of drug-likeness (QED) is 0.567. The van der Waals surface area contributed by atoms with E-state index in [1.165, 1.54) is 16.8 Å². The van der Waals surface area contributed by atoms with Gasteiger partial charge >= 0.3 is 0 Å². The van der Waals surface area contributed by atoms with E-state index in [-0.39, 0.29) is 0 Å². The fraction of sp³-hybridized carbons (Fsp3) is 0.286. The summed E-state index contributed by atoms with van der Waals surface area (Å²) in [7, 11) is 0. The van der Waals surface area contributed by atoms with Crippen molar-refractivity contribution < 1.29 is 0 Å². The van der Waals surface area contributed by atoms with Crippen LogP contribution in [0.5, 0.6) is 0 Å². The summed E-state index contributed by atoms with van der Waals surface area (Å²) in [4.78, 5) is 0. The number of hydrogen-bond acceptors (Lipinski definition) is 1. The highest BCUT2D eigenvalue weighted by atomic mass is 14.9. The van der Waals surface area contributed by atoms with E-state index in [0.717, 1.165) is 25.8 Å².